The Bertz CT molecular complexity index is 779. The van der Waals surface area contributed by atoms with Crippen LogP contribution in [0.2, 0.25) is 5.02 Å². The summed E-state index contributed by atoms with van der Waals surface area (Å²) in [5.74, 6) is 1.14. The highest BCUT2D eigenvalue weighted by Crippen LogP contribution is 2.30. The largest absolute Gasteiger partial charge is 0.378 e. The molecule has 146 valence electrons. The number of halogens is 2. The Hall–Kier alpha value is -1.35. The molecule has 1 aromatic carbocycles. The minimum atomic E-state index is -0.329. The van der Waals surface area contributed by atoms with Gasteiger partial charge in [0.1, 0.15) is 5.82 Å². The molecule has 3 heterocycles. The summed E-state index contributed by atoms with van der Waals surface area (Å²) in [6.45, 7) is 4.55. The first-order valence-electron chi connectivity index (χ1n) is 9.15. The first kappa shape index (κ1) is 19.0. The van der Waals surface area contributed by atoms with Crippen molar-refractivity contribution in [1.29, 1.82) is 0 Å². The zero-order chi connectivity index (χ0) is 18.6. The molecular formula is C18H22ClFN4O2S. The number of ether oxygens (including phenoxy) is 2. The van der Waals surface area contributed by atoms with Gasteiger partial charge in [0.15, 0.2) is 5.16 Å². The van der Waals surface area contributed by atoms with Crippen molar-refractivity contribution in [3.8, 4) is 0 Å². The fourth-order valence-electron chi connectivity index (χ4n) is 3.32. The zero-order valence-electron chi connectivity index (χ0n) is 14.9. The quantitative estimate of drug-likeness (QED) is 0.678. The second-order valence-electron chi connectivity index (χ2n) is 6.65. The van der Waals surface area contributed by atoms with Crippen LogP contribution in [-0.2, 0) is 21.8 Å². The van der Waals surface area contributed by atoms with Crippen LogP contribution < -0.4 is 4.90 Å². The van der Waals surface area contributed by atoms with E-state index in [1.807, 2.05) is 0 Å². The summed E-state index contributed by atoms with van der Waals surface area (Å²) < 4.78 is 26.7. The number of hydrogen-bond acceptors (Lipinski definition) is 6. The lowest BCUT2D eigenvalue weighted by molar-refractivity contribution is 0.0942. The number of hydrogen-bond donors (Lipinski definition) is 0. The summed E-state index contributed by atoms with van der Waals surface area (Å²) >= 11 is 7.72. The standard InChI is InChI=1S/C18H22ClFN4O2S/c19-16-10-14(20)4-3-13(16)12-27-18-22-21-17(23-5-8-25-9-6-23)24(18)11-15-2-1-7-26-15/h3-4,10,15H,1-2,5-9,11-12H2/t15-/m0/s1. The molecule has 0 spiro atoms. The van der Waals surface area contributed by atoms with Crippen LogP contribution in [0.25, 0.3) is 0 Å². The fraction of sp³-hybridized carbons (Fsp3) is 0.556. The van der Waals surface area contributed by atoms with Crippen LogP contribution >= 0.6 is 23.4 Å². The fourth-order valence-corrected chi connectivity index (χ4v) is 4.58. The van der Waals surface area contributed by atoms with Crippen molar-refractivity contribution in [2.24, 2.45) is 0 Å². The Labute approximate surface area is 167 Å². The number of morpholine rings is 1. The number of nitrogens with zero attached hydrogens (tertiary/aromatic N) is 4. The van der Waals surface area contributed by atoms with E-state index in [1.165, 1.54) is 12.1 Å². The Balaban J connectivity index is 1.53. The molecule has 27 heavy (non-hydrogen) atoms. The molecule has 4 rings (SSSR count). The summed E-state index contributed by atoms with van der Waals surface area (Å²) in [6.07, 6.45) is 2.33. The van der Waals surface area contributed by atoms with E-state index in [-0.39, 0.29) is 11.9 Å². The lowest BCUT2D eigenvalue weighted by Crippen LogP contribution is -2.38. The van der Waals surface area contributed by atoms with Gasteiger partial charge in [0.05, 0.1) is 25.9 Å². The summed E-state index contributed by atoms with van der Waals surface area (Å²) in [4.78, 5) is 2.21. The van der Waals surface area contributed by atoms with E-state index >= 15 is 0 Å². The Morgan fingerprint density at radius 2 is 2.07 bits per heavy atom. The molecule has 2 aliphatic heterocycles. The summed E-state index contributed by atoms with van der Waals surface area (Å²) in [7, 11) is 0. The van der Waals surface area contributed by atoms with Crippen LogP contribution in [0.1, 0.15) is 18.4 Å². The highest BCUT2D eigenvalue weighted by Gasteiger charge is 2.25. The van der Waals surface area contributed by atoms with Gasteiger partial charge in [-0.15, -0.1) is 10.2 Å². The van der Waals surface area contributed by atoms with Crippen molar-refractivity contribution in [3.63, 3.8) is 0 Å². The SMILES string of the molecule is Fc1ccc(CSc2nnc(N3CCOCC3)n2C[C@@H]2CCCO2)c(Cl)c1. The second kappa shape index (κ2) is 8.77. The van der Waals surface area contributed by atoms with Gasteiger partial charge in [-0.1, -0.05) is 29.4 Å². The van der Waals surface area contributed by atoms with Gasteiger partial charge in [-0.3, -0.25) is 4.57 Å². The second-order valence-corrected chi connectivity index (χ2v) is 8.00. The molecule has 0 N–H and O–H groups in total. The van der Waals surface area contributed by atoms with E-state index in [2.05, 4.69) is 19.7 Å². The summed E-state index contributed by atoms with van der Waals surface area (Å²) in [5, 5.41) is 10.1. The minimum absolute atomic E-state index is 0.189. The number of aromatic nitrogens is 3. The van der Waals surface area contributed by atoms with Crippen LogP contribution in [0.5, 0.6) is 0 Å². The van der Waals surface area contributed by atoms with Crippen LogP contribution in [0.4, 0.5) is 10.3 Å². The monoisotopic (exact) mass is 412 g/mol. The lowest BCUT2D eigenvalue weighted by atomic mass is 10.2. The predicted octanol–water partition coefficient (Wildman–Crippen LogP) is 3.38. The topological polar surface area (TPSA) is 52.4 Å². The van der Waals surface area contributed by atoms with Crippen molar-refractivity contribution in [2.45, 2.75) is 36.4 Å². The summed E-state index contributed by atoms with van der Waals surface area (Å²) in [5.41, 5.74) is 0.877. The maximum absolute atomic E-state index is 13.3. The van der Waals surface area contributed by atoms with E-state index in [0.29, 0.717) is 24.0 Å². The molecule has 2 fully saturated rings. The van der Waals surface area contributed by atoms with Crippen molar-refractivity contribution < 1.29 is 13.9 Å². The molecule has 0 unspecified atom stereocenters. The molecule has 1 atom stereocenters. The number of rotatable bonds is 6. The molecule has 0 amide bonds. The van der Waals surface area contributed by atoms with E-state index in [1.54, 1.807) is 17.8 Å². The van der Waals surface area contributed by atoms with Crippen LogP contribution in [0.3, 0.4) is 0 Å². The van der Waals surface area contributed by atoms with E-state index in [9.17, 15) is 4.39 Å². The molecule has 0 saturated carbocycles. The van der Waals surface area contributed by atoms with Gasteiger partial charge < -0.3 is 14.4 Å². The molecule has 0 bridgehead atoms. The number of thioether (sulfide) groups is 1. The van der Waals surface area contributed by atoms with Crippen molar-refractivity contribution in [3.05, 3.63) is 34.6 Å². The van der Waals surface area contributed by atoms with E-state index < -0.39 is 0 Å². The average Bonchev–Trinajstić information content (AvgIpc) is 3.32. The van der Waals surface area contributed by atoms with Gasteiger partial charge in [-0.2, -0.15) is 0 Å². The Morgan fingerprint density at radius 1 is 1.22 bits per heavy atom. The van der Waals surface area contributed by atoms with Crippen molar-refractivity contribution in [1.82, 2.24) is 14.8 Å². The molecular weight excluding hydrogens is 391 g/mol. The first-order valence-corrected chi connectivity index (χ1v) is 10.5. The normalized spacial score (nSPS) is 20.4. The van der Waals surface area contributed by atoms with Gasteiger partial charge in [0, 0.05) is 30.5 Å². The van der Waals surface area contributed by atoms with E-state index in [0.717, 1.165) is 55.8 Å². The maximum atomic E-state index is 13.3. The van der Waals surface area contributed by atoms with Gasteiger partial charge in [0.2, 0.25) is 5.95 Å². The molecule has 9 heteroatoms. The predicted molar refractivity (Wildman–Crippen MR) is 103 cm³/mol. The zero-order valence-corrected chi connectivity index (χ0v) is 16.5. The highest BCUT2D eigenvalue weighted by molar-refractivity contribution is 7.98. The van der Waals surface area contributed by atoms with Gasteiger partial charge in [0.25, 0.3) is 0 Å². The third kappa shape index (κ3) is 4.56. The minimum Gasteiger partial charge on any atom is -0.378 e. The maximum Gasteiger partial charge on any atom is 0.228 e. The van der Waals surface area contributed by atoms with Crippen LogP contribution in [-0.4, -0.2) is 53.8 Å². The third-order valence-electron chi connectivity index (χ3n) is 4.77. The van der Waals surface area contributed by atoms with Gasteiger partial charge in [-0.25, -0.2) is 4.39 Å². The van der Waals surface area contributed by atoms with Crippen LogP contribution in [0.15, 0.2) is 23.4 Å². The van der Waals surface area contributed by atoms with E-state index in [4.69, 9.17) is 21.1 Å². The molecule has 2 saturated heterocycles. The smallest absolute Gasteiger partial charge is 0.228 e. The first-order chi connectivity index (χ1) is 13.2. The molecule has 6 nitrogen and oxygen atoms in total. The average molecular weight is 413 g/mol. The lowest BCUT2D eigenvalue weighted by Gasteiger charge is -2.28. The highest BCUT2D eigenvalue weighted by atomic mass is 35.5. The molecule has 2 aromatic rings. The van der Waals surface area contributed by atoms with Gasteiger partial charge in [-0.05, 0) is 30.5 Å². The molecule has 2 aliphatic rings. The molecule has 1 aromatic heterocycles. The van der Waals surface area contributed by atoms with Crippen molar-refractivity contribution >= 4 is 29.3 Å². The molecule has 0 radical (unpaired) electrons. The third-order valence-corrected chi connectivity index (χ3v) is 6.14. The number of benzene rings is 1. The summed E-state index contributed by atoms with van der Waals surface area (Å²) in [6, 6.07) is 4.49. The Morgan fingerprint density at radius 3 is 2.81 bits per heavy atom. The van der Waals surface area contributed by atoms with Crippen molar-refractivity contribution in [2.75, 3.05) is 37.8 Å². The van der Waals surface area contributed by atoms with Crippen LogP contribution in [0, 0.1) is 5.82 Å². The Kier molecular flexibility index (Phi) is 6.17. The molecule has 0 aliphatic carbocycles. The number of anilines is 1. The van der Waals surface area contributed by atoms with Gasteiger partial charge >= 0.3 is 0 Å².